The molecule has 0 amide bonds. The van der Waals surface area contributed by atoms with Crippen LogP contribution in [0.3, 0.4) is 0 Å². The Kier molecular flexibility index (Phi) is 5.96. The maximum Gasteiger partial charge on any atom is 0.0235 e. The molecule has 0 aromatic carbocycles. The Morgan fingerprint density at radius 2 is 1.76 bits per heavy atom. The molecule has 1 saturated carbocycles. The molecule has 3 heteroatoms. The molecule has 0 spiro atoms. The molecule has 3 aliphatic rings. The van der Waals surface area contributed by atoms with E-state index in [-0.39, 0.29) is 0 Å². The quantitative estimate of drug-likeness (QED) is 0.812. The van der Waals surface area contributed by atoms with Crippen molar-refractivity contribution in [3.8, 4) is 0 Å². The Labute approximate surface area is 131 Å². The van der Waals surface area contributed by atoms with Gasteiger partial charge in [-0.1, -0.05) is 19.8 Å². The first kappa shape index (κ1) is 15.8. The van der Waals surface area contributed by atoms with Crippen LogP contribution in [0.15, 0.2) is 0 Å². The van der Waals surface area contributed by atoms with E-state index in [0.29, 0.717) is 0 Å². The van der Waals surface area contributed by atoms with E-state index >= 15 is 0 Å². The fourth-order valence-electron chi connectivity index (χ4n) is 4.74. The lowest BCUT2D eigenvalue weighted by Gasteiger charge is -2.35. The molecule has 1 aliphatic carbocycles. The van der Waals surface area contributed by atoms with Gasteiger partial charge in [-0.3, -0.25) is 4.90 Å². The average Bonchev–Trinajstić information content (AvgIpc) is 3.17. The van der Waals surface area contributed by atoms with Crippen LogP contribution in [-0.2, 0) is 0 Å². The molecule has 3 nitrogen and oxygen atoms in total. The van der Waals surface area contributed by atoms with E-state index in [9.17, 15) is 0 Å². The monoisotopic (exact) mass is 293 g/mol. The van der Waals surface area contributed by atoms with Gasteiger partial charge in [0.2, 0.25) is 0 Å². The number of nitrogens with zero attached hydrogens (tertiary/aromatic N) is 2. The summed E-state index contributed by atoms with van der Waals surface area (Å²) in [5, 5.41) is 3.82. The zero-order valence-corrected chi connectivity index (χ0v) is 14.0. The van der Waals surface area contributed by atoms with E-state index in [1.54, 1.807) is 0 Å². The highest BCUT2D eigenvalue weighted by Gasteiger charge is 2.32. The van der Waals surface area contributed by atoms with Crippen molar-refractivity contribution in [1.82, 2.24) is 15.1 Å². The SMILES string of the molecule is CCCNC1CCCCC1CN1CCC(N2CCCC2)C1. The maximum absolute atomic E-state index is 3.82. The lowest BCUT2D eigenvalue weighted by molar-refractivity contribution is 0.174. The molecular formula is C18H35N3. The van der Waals surface area contributed by atoms with E-state index in [0.717, 1.165) is 18.0 Å². The number of rotatable bonds is 6. The van der Waals surface area contributed by atoms with Crippen LogP contribution >= 0.6 is 0 Å². The van der Waals surface area contributed by atoms with Crippen LogP contribution in [0.2, 0.25) is 0 Å². The largest absolute Gasteiger partial charge is 0.314 e. The summed E-state index contributed by atoms with van der Waals surface area (Å²) in [6, 6.07) is 1.67. The van der Waals surface area contributed by atoms with Crippen molar-refractivity contribution >= 4 is 0 Å². The van der Waals surface area contributed by atoms with Crippen LogP contribution in [0.1, 0.15) is 58.3 Å². The Bertz CT molecular complexity index is 301. The Balaban J connectivity index is 1.46. The summed E-state index contributed by atoms with van der Waals surface area (Å²) in [5.74, 6) is 0.905. The minimum Gasteiger partial charge on any atom is -0.314 e. The first-order valence-corrected chi connectivity index (χ1v) is 9.56. The molecular weight excluding hydrogens is 258 g/mol. The highest BCUT2D eigenvalue weighted by atomic mass is 15.3. The summed E-state index contributed by atoms with van der Waals surface area (Å²) < 4.78 is 0. The van der Waals surface area contributed by atoms with Gasteiger partial charge in [0.15, 0.2) is 0 Å². The molecule has 3 atom stereocenters. The number of nitrogens with one attached hydrogen (secondary N) is 1. The maximum atomic E-state index is 3.82. The van der Waals surface area contributed by atoms with Crippen LogP contribution < -0.4 is 5.32 Å². The van der Waals surface area contributed by atoms with Crippen molar-refractivity contribution in [2.24, 2.45) is 5.92 Å². The van der Waals surface area contributed by atoms with Crippen molar-refractivity contribution in [3.05, 3.63) is 0 Å². The van der Waals surface area contributed by atoms with Gasteiger partial charge in [-0.05, 0) is 70.6 Å². The van der Waals surface area contributed by atoms with Crippen molar-refractivity contribution in [2.75, 3.05) is 39.3 Å². The lowest BCUT2D eigenvalue weighted by atomic mass is 9.84. The molecule has 2 heterocycles. The van der Waals surface area contributed by atoms with E-state index < -0.39 is 0 Å². The summed E-state index contributed by atoms with van der Waals surface area (Å²) in [6.07, 6.45) is 11.3. The molecule has 21 heavy (non-hydrogen) atoms. The Morgan fingerprint density at radius 1 is 0.952 bits per heavy atom. The van der Waals surface area contributed by atoms with Crippen molar-refractivity contribution < 1.29 is 0 Å². The number of hydrogen-bond donors (Lipinski definition) is 1. The van der Waals surface area contributed by atoms with Crippen molar-refractivity contribution in [3.63, 3.8) is 0 Å². The van der Waals surface area contributed by atoms with Gasteiger partial charge in [-0.25, -0.2) is 0 Å². The summed E-state index contributed by atoms with van der Waals surface area (Å²) in [5.41, 5.74) is 0. The van der Waals surface area contributed by atoms with Gasteiger partial charge in [0.25, 0.3) is 0 Å². The molecule has 0 radical (unpaired) electrons. The van der Waals surface area contributed by atoms with E-state index in [4.69, 9.17) is 0 Å². The van der Waals surface area contributed by atoms with Crippen LogP contribution in [-0.4, -0.2) is 61.2 Å². The highest BCUT2D eigenvalue weighted by molar-refractivity contribution is 4.89. The topological polar surface area (TPSA) is 18.5 Å². The summed E-state index contributed by atoms with van der Waals surface area (Å²) in [7, 11) is 0. The summed E-state index contributed by atoms with van der Waals surface area (Å²) in [6.45, 7) is 10.3. The lowest BCUT2D eigenvalue weighted by Crippen LogP contribution is -2.44. The molecule has 3 unspecified atom stereocenters. The molecule has 0 aromatic heterocycles. The minimum absolute atomic E-state index is 0.796. The second kappa shape index (κ2) is 7.94. The zero-order valence-electron chi connectivity index (χ0n) is 14.0. The second-order valence-electron chi connectivity index (χ2n) is 7.55. The van der Waals surface area contributed by atoms with Gasteiger partial charge in [0, 0.05) is 25.2 Å². The normalized spacial score (nSPS) is 35.6. The molecule has 122 valence electrons. The van der Waals surface area contributed by atoms with Crippen LogP contribution in [0.25, 0.3) is 0 Å². The van der Waals surface area contributed by atoms with Crippen LogP contribution in [0.4, 0.5) is 0 Å². The van der Waals surface area contributed by atoms with Gasteiger partial charge in [0.05, 0.1) is 0 Å². The third kappa shape index (κ3) is 4.20. The predicted octanol–water partition coefficient (Wildman–Crippen LogP) is 2.71. The number of hydrogen-bond acceptors (Lipinski definition) is 3. The van der Waals surface area contributed by atoms with Crippen LogP contribution in [0.5, 0.6) is 0 Å². The molecule has 2 saturated heterocycles. The van der Waals surface area contributed by atoms with Gasteiger partial charge in [-0.2, -0.15) is 0 Å². The molecule has 0 bridgehead atoms. The molecule has 3 rings (SSSR count). The van der Waals surface area contributed by atoms with Crippen molar-refractivity contribution in [1.29, 1.82) is 0 Å². The fourth-order valence-corrected chi connectivity index (χ4v) is 4.74. The van der Waals surface area contributed by atoms with Gasteiger partial charge >= 0.3 is 0 Å². The third-order valence-corrected chi connectivity index (χ3v) is 5.96. The van der Waals surface area contributed by atoms with E-state index in [1.165, 1.54) is 90.6 Å². The van der Waals surface area contributed by atoms with Crippen molar-refractivity contribution in [2.45, 2.75) is 70.4 Å². The molecule has 0 aromatic rings. The van der Waals surface area contributed by atoms with E-state index in [1.807, 2.05) is 0 Å². The van der Waals surface area contributed by atoms with Gasteiger partial charge in [0.1, 0.15) is 0 Å². The van der Waals surface area contributed by atoms with Gasteiger partial charge in [-0.15, -0.1) is 0 Å². The predicted molar refractivity (Wildman–Crippen MR) is 89.7 cm³/mol. The first-order valence-electron chi connectivity index (χ1n) is 9.56. The third-order valence-electron chi connectivity index (χ3n) is 5.96. The summed E-state index contributed by atoms with van der Waals surface area (Å²) >= 11 is 0. The Hall–Kier alpha value is -0.120. The van der Waals surface area contributed by atoms with E-state index in [2.05, 4.69) is 22.0 Å². The first-order chi connectivity index (χ1) is 10.4. The van der Waals surface area contributed by atoms with Crippen LogP contribution in [0, 0.1) is 5.92 Å². The molecule has 1 N–H and O–H groups in total. The number of likely N-dealkylation sites (tertiary alicyclic amines) is 2. The second-order valence-corrected chi connectivity index (χ2v) is 7.55. The molecule has 2 aliphatic heterocycles. The molecule has 3 fully saturated rings. The Morgan fingerprint density at radius 3 is 2.57 bits per heavy atom. The minimum atomic E-state index is 0.796. The smallest absolute Gasteiger partial charge is 0.0235 e. The summed E-state index contributed by atoms with van der Waals surface area (Å²) in [4.78, 5) is 5.54. The average molecular weight is 293 g/mol. The van der Waals surface area contributed by atoms with Gasteiger partial charge < -0.3 is 10.2 Å². The highest BCUT2D eigenvalue weighted by Crippen LogP contribution is 2.28. The fraction of sp³-hybridized carbons (Fsp3) is 1.00. The zero-order chi connectivity index (χ0) is 14.5. The standard InChI is InChI=1S/C18H35N3/c1-2-10-19-18-8-4-3-7-16(18)14-20-13-9-17(15-20)21-11-5-6-12-21/h16-19H,2-15H2,1H3.